The van der Waals surface area contributed by atoms with Gasteiger partial charge in [-0.25, -0.2) is 9.67 Å². The van der Waals surface area contributed by atoms with Crippen molar-refractivity contribution in [1.82, 2.24) is 14.8 Å². The topological polar surface area (TPSA) is 102 Å². The zero-order chi connectivity index (χ0) is 19.5. The second-order valence-electron chi connectivity index (χ2n) is 6.81. The Morgan fingerprint density at radius 1 is 1.29 bits per heavy atom. The average Bonchev–Trinajstić information content (AvgIpc) is 3.42. The lowest BCUT2D eigenvalue weighted by molar-refractivity contribution is -0.115. The first-order valence-corrected chi connectivity index (χ1v) is 10.1. The van der Waals surface area contributed by atoms with Crippen LogP contribution in [0.25, 0.3) is 0 Å². The summed E-state index contributed by atoms with van der Waals surface area (Å²) in [6.45, 7) is 1.73. The van der Waals surface area contributed by atoms with Gasteiger partial charge < -0.3 is 9.73 Å². The molecule has 9 heteroatoms. The first kappa shape index (κ1) is 18.4. The largest absolute Gasteiger partial charge is 0.469 e. The molecule has 0 unspecified atom stereocenters. The average molecular weight is 399 g/mol. The Labute approximate surface area is 166 Å². The molecular weight excluding hydrogens is 378 g/mol. The molecule has 0 atom stereocenters. The van der Waals surface area contributed by atoms with Crippen molar-refractivity contribution in [2.75, 3.05) is 10.6 Å². The van der Waals surface area contributed by atoms with Crippen molar-refractivity contribution in [2.45, 2.75) is 45.1 Å². The van der Waals surface area contributed by atoms with Crippen molar-refractivity contribution in [3.05, 3.63) is 47.0 Å². The maximum atomic E-state index is 12.4. The van der Waals surface area contributed by atoms with Gasteiger partial charge in [0.2, 0.25) is 5.91 Å². The van der Waals surface area contributed by atoms with Crippen LogP contribution < -0.4 is 10.6 Å². The van der Waals surface area contributed by atoms with E-state index in [2.05, 4.69) is 20.7 Å². The van der Waals surface area contributed by atoms with E-state index in [-0.39, 0.29) is 18.2 Å². The Bertz CT molecular complexity index is 983. The molecule has 0 radical (unpaired) electrons. The summed E-state index contributed by atoms with van der Waals surface area (Å²) in [7, 11) is 0. The normalized spacial score (nSPS) is 14.3. The van der Waals surface area contributed by atoms with Crippen LogP contribution in [0.3, 0.4) is 0 Å². The number of aryl methyl sites for hydroxylation is 1. The fourth-order valence-corrected chi connectivity index (χ4v) is 4.14. The van der Waals surface area contributed by atoms with Gasteiger partial charge in [0.1, 0.15) is 11.6 Å². The number of nitrogens with one attached hydrogen (secondary N) is 2. The number of aromatic nitrogens is 3. The highest BCUT2D eigenvalue weighted by Crippen LogP contribution is 2.31. The number of thiazole rings is 1. The molecule has 3 aromatic rings. The Balaban J connectivity index is 1.35. The molecule has 1 aliphatic rings. The van der Waals surface area contributed by atoms with Crippen molar-refractivity contribution >= 4 is 34.1 Å². The quantitative estimate of drug-likeness (QED) is 0.657. The highest BCUT2D eigenvalue weighted by molar-refractivity contribution is 7.14. The van der Waals surface area contributed by atoms with Gasteiger partial charge in [-0.3, -0.25) is 14.9 Å². The van der Waals surface area contributed by atoms with Crippen LogP contribution in [0.4, 0.5) is 10.9 Å². The van der Waals surface area contributed by atoms with E-state index in [0.29, 0.717) is 28.2 Å². The number of rotatable bonds is 6. The van der Waals surface area contributed by atoms with E-state index in [9.17, 15) is 9.59 Å². The molecule has 3 aromatic heterocycles. The molecule has 2 amide bonds. The van der Waals surface area contributed by atoms with Gasteiger partial charge in [0, 0.05) is 11.4 Å². The predicted octanol–water partition coefficient (Wildman–Crippen LogP) is 3.79. The second kappa shape index (κ2) is 7.97. The minimum atomic E-state index is -0.280. The first-order chi connectivity index (χ1) is 13.6. The number of hydrogen-bond acceptors (Lipinski definition) is 6. The van der Waals surface area contributed by atoms with Gasteiger partial charge in [-0.05, 0) is 25.8 Å². The van der Waals surface area contributed by atoms with E-state index in [1.165, 1.54) is 30.4 Å². The maximum absolute atomic E-state index is 12.4. The smallest absolute Gasteiger partial charge is 0.260 e. The summed E-state index contributed by atoms with van der Waals surface area (Å²) in [4.78, 5) is 29.0. The molecule has 0 aliphatic heterocycles. The highest BCUT2D eigenvalue weighted by atomic mass is 32.1. The van der Waals surface area contributed by atoms with Crippen LogP contribution in [0.2, 0.25) is 0 Å². The number of furan rings is 1. The van der Waals surface area contributed by atoms with Crippen molar-refractivity contribution in [3.63, 3.8) is 0 Å². The van der Waals surface area contributed by atoms with Crippen LogP contribution >= 0.6 is 11.3 Å². The molecule has 1 fully saturated rings. The van der Waals surface area contributed by atoms with Gasteiger partial charge in [-0.2, -0.15) is 5.10 Å². The second-order valence-corrected chi connectivity index (χ2v) is 7.67. The maximum Gasteiger partial charge on any atom is 0.260 e. The van der Waals surface area contributed by atoms with Gasteiger partial charge >= 0.3 is 0 Å². The van der Waals surface area contributed by atoms with Crippen LogP contribution in [0.15, 0.2) is 34.4 Å². The fraction of sp³-hybridized carbons (Fsp3) is 0.368. The molecule has 0 bridgehead atoms. The van der Waals surface area contributed by atoms with Gasteiger partial charge in [-0.15, -0.1) is 11.3 Å². The number of carbonyl (C=O) groups is 2. The molecule has 4 rings (SSSR count). The lowest BCUT2D eigenvalue weighted by Gasteiger charge is -2.14. The lowest BCUT2D eigenvalue weighted by Crippen LogP contribution is -2.19. The molecule has 3 heterocycles. The molecule has 1 aliphatic carbocycles. The van der Waals surface area contributed by atoms with Crippen molar-refractivity contribution in [3.8, 4) is 0 Å². The molecule has 146 valence electrons. The number of anilines is 2. The van der Waals surface area contributed by atoms with E-state index < -0.39 is 0 Å². The van der Waals surface area contributed by atoms with Crippen LogP contribution in [0.1, 0.15) is 53.5 Å². The molecule has 1 saturated carbocycles. The number of carbonyl (C=O) groups excluding carboxylic acids is 2. The summed E-state index contributed by atoms with van der Waals surface area (Å²) in [5.41, 5.74) is 1.07. The summed E-state index contributed by atoms with van der Waals surface area (Å²) in [6.07, 6.45) is 7.90. The minimum Gasteiger partial charge on any atom is -0.469 e. The SMILES string of the molecule is Cc1occc1C(=O)Nc1nc(CC(=O)Nc2ccnn2C2CCCC2)cs1. The number of amides is 2. The zero-order valence-electron chi connectivity index (χ0n) is 15.5. The summed E-state index contributed by atoms with van der Waals surface area (Å²) >= 11 is 1.28. The van der Waals surface area contributed by atoms with Gasteiger partial charge in [-0.1, -0.05) is 12.8 Å². The minimum absolute atomic E-state index is 0.132. The molecule has 0 aromatic carbocycles. The monoisotopic (exact) mass is 399 g/mol. The molecule has 8 nitrogen and oxygen atoms in total. The van der Waals surface area contributed by atoms with Crippen LogP contribution in [0, 0.1) is 6.92 Å². The summed E-state index contributed by atoms with van der Waals surface area (Å²) in [5, 5.41) is 12.2. The molecule has 28 heavy (non-hydrogen) atoms. The third kappa shape index (κ3) is 3.99. The van der Waals surface area contributed by atoms with Crippen LogP contribution in [-0.4, -0.2) is 26.6 Å². The van der Waals surface area contributed by atoms with Crippen molar-refractivity contribution in [2.24, 2.45) is 0 Å². The third-order valence-corrected chi connectivity index (χ3v) is 5.63. The number of hydrogen-bond donors (Lipinski definition) is 2. The summed E-state index contributed by atoms with van der Waals surface area (Å²) < 4.78 is 7.05. The Hall–Kier alpha value is -2.94. The Kier molecular flexibility index (Phi) is 5.25. The third-order valence-electron chi connectivity index (χ3n) is 4.83. The molecule has 0 spiro atoms. The zero-order valence-corrected chi connectivity index (χ0v) is 16.3. The predicted molar refractivity (Wildman–Crippen MR) is 106 cm³/mol. The Morgan fingerprint density at radius 3 is 2.86 bits per heavy atom. The van der Waals surface area contributed by atoms with Crippen LogP contribution in [0.5, 0.6) is 0 Å². The van der Waals surface area contributed by atoms with Gasteiger partial charge in [0.05, 0.1) is 36.2 Å². The van der Waals surface area contributed by atoms with E-state index in [4.69, 9.17) is 4.42 Å². The van der Waals surface area contributed by atoms with Crippen molar-refractivity contribution < 1.29 is 14.0 Å². The molecule has 0 saturated heterocycles. The van der Waals surface area contributed by atoms with Gasteiger partial charge in [0.15, 0.2) is 5.13 Å². The Morgan fingerprint density at radius 2 is 2.11 bits per heavy atom. The highest BCUT2D eigenvalue weighted by Gasteiger charge is 2.21. The first-order valence-electron chi connectivity index (χ1n) is 9.23. The standard InChI is InChI=1S/C19H21N5O3S/c1-12-15(7-9-27-12)18(26)23-19-21-13(11-28-19)10-17(25)22-16-6-8-20-24(16)14-4-2-3-5-14/h6-9,11,14H,2-5,10H2,1H3,(H,22,25)(H,21,23,26). The lowest BCUT2D eigenvalue weighted by atomic mass is 10.2. The molecular formula is C19H21N5O3S. The van der Waals surface area contributed by atoms with Gasteiger partial charge in [0.25, 0.3) is 5.91 Å². The summed E-state index contributed by atoms with van der Waals surface area (Å²) in [6, 6.07) is 3.79. The van der Waals surface area contributed by atoms with E-state index in [0.717, 1.165) is 18.7 Å². The van der Waals surface area contributed by atoms with Crippen LogP contribution in [-0.2, 0) is 11.2 Å². The van der Waals surface area contributed by atoms with Crippen molar-refractivity contribution in [1.29, 1.82) is 0 Å². The molecule has 2 N–H and O–H groups in total. The summed E-state index contributed by atoms with van der Waals surface area (Å²) in [5.74, 6) is 0.828. The van der Waals surface area contributed by atoms with E-state index in [1.807, 2.05) is 10.7 Å². The van der Waals surface area contributed by atoms with E-state index in [1.54, 1.807) is 24.6 Å². The number of nitrogens with zero attached hydrogens (tertiary/aromatic N) is 3. The fourth-order valence-electron chi connectivity index (χ4n) is 3.44. The van der Waals surface area contributed by atoms with E-state index >= 15 is 0 Å².